The van der Waals surface area contributed by atoms with Crippen LogP contribution < -0.4 is 4.74 Å². The van der Waals surface area contributed by atoms with Crippen molar-refractivity contribution in [3.63, 3.8) is 0 Å². The van der Waals surface area contributed by atoms with Gasteiger partial charge in [-0.05, 0) is 37.3 Å². The molecule has 0 amide bonds. The molecule has 3 nitrogen and oxygen atoms in total. The Kier molecular flexibility index (Phi) is 4.40. The fraction of sp³-hybridized carbons (Fsp3) is 0.533. The molecule has 2 atom stereocenters. The highest BCUT2D eigenvalue weighted by Crippen LogP contribution is 2.31. The van der Waals surface area contributed by atoms with Crippen LogP contribution in [0.2, 0.25) is 0 Å². The highest BCUT2D eigenvalue weighted by molar-refractivity contribution is 5.90. The lowest BCUT2D eigenvalue weighted by Gasteiger charge is -2.29. The quantitative estimate of drug-likeness (QED) is 0.899. The lowest BCUT2D eigenvalue weighted by atomic mass is 9.85. The monoisotopic (exact) mass is 266 g/mol. The molecular weight excluding hydrogens is 247 g/mol. The first kappa shape index (κ1) is 13.8. The summed E-state index contributed by atoms with van der Waals surface area (Å²) in [5.41, 5.74) is 0.0278. The molecule has 1 N–H and O–H groups in total. The molecule has 19 heavy (non-hydrogen) atoms. The van der Waals surface area contributed by atoms with Gasteiger partial charge in [-0.1, -0.05) is 19.8 Å². The highest BCUT2D eigenvalue weighted by Gasteiger charge is 2.24. The van der Waals surface area contributed by atoms with Gasteiger partial charge in [0.15, 0.2) is 0 Å². The minimum atomic E-state index is -1.09. The van der Waals surface area contributed by atoms with Crippen LogP contribution in [0.4, 0.5) is 4.39 Å². The second kappa shape index (κ2) is 6.04. The molecule has 2 rings (SSSR count). The predicted octanol–water partition coefficient (Wildman–Crippen LogP) is 3.87. The van der Waals surface area contributed by atoms with Crippen molar-refractivity contribution in [3.8, 4) is 5.75 Å². The Morgan fingerprint density at radius 3 is 2.95 bits per heavy atom. The second-order valence-electron chi connectivity index (χ2n) is 5.13. The maximum absolute atomic E-state index is 13.2. The topological polar surface area (TPSA) is 46.5 Å². The van der Waals surface area contributed by atoms with Crippen molar-refractivity contribution >= 4 is 5.97 Å². The molecule has 2 unspecified atom stereocenters. The van der Waals surface area contributed by atoms with Gasteiger partial charge >= 0.3 is 5.97 Å². The van der Waals surface area contributed by atoms with Crippen LogP contribution in [0.5, 0.6) is 5.75 Å². The minimum absolute atomic E-state index is 0.00130. The van der Waals surface area contributed by atoms with Gasteiger partial charge < -0.3 is 9.84 Å². The first-order valence-corrected chi connectivity index (χ1v) is 6.79. The number of carbonyl (C=O) groups is 1. The number of carboxylic acid groups (broad SMARTS) is 1. The lowest BCUT2D eigenvalue weighted by molar-refractivity contribution is 0.0682. The largest absolute Gasteiger partial charge is 0.489 e. The van der Waals surface area contributed by atoms with E-state index in [0.717, 1.165) is 31.7 Å². The molecule has 0 spiro atoms. The predicted molar refractivity (Wildman–Crippen MR) is 70.0 cm³/mol. The van der Waals surface area contributed by atoms with E-state index < -0.39 is 11.8 Å². The molecule has 4 heteroatoms. The van der Waals surface area contributed by atoms with Crippen molar-refractivity contribution in [3.05, 3.63) is 29.6 Å². The number of hydrogen-bond acceptors (Lipinski definition) is 2. The summed E-state index contributed by atoms with van der Waals surface area (Å²) >= 11 is 0. The Morgan fingerprint density at radius 2 is 2.26 bits per heavy atom. The summed E-state index contributed by atoms with van der Waals surface area (Å²) in [4.78, 5) is 11.1. The van der Waals surface area contributed by atoms with E-state index in [2.05, 4.69) is 6.92 Å². The lowest BCUT2D eigenvalue weighted by Crippen LogP contribution is -2.25. The van der Waals surface area contributed by atoms with Crippen molar-refractivity contribution in [1.82, 2.24) is 0 Å². The number of hydrogen-bond donors (Lipinski definition) is 1. The Morgan fingerprint density at radius 1 is 1.47 bits per heavy atom. The Bertz CT molecular complexity index is 459. The maximum Gasteiger partial charge on any atom is 0.339 e. The number of aromatic carboxylic acids is 1. The zero-order valence-electron chi connectivity index (χ0n) is 11.1. The summed E-state index contributed by atoms with van der Waals surface area (Å²) in [6.07, 6.45) is 5.22. The molecule has 1 aromatic carbocycles. The number of benzene rings is 1. The zero-order valence-corrected chi connectivity index (χ0v) is 11.1. The van der Waals surface area contributed by atoms with Crippen molar-refractivity contribution in [2.45, 2.75) is 45.1 Å². The standard InChI is InChI=1S/C15H19FO3/c1-2-10-4-3-5-12(8-10)19-14-9-11(16)6-7-13(14)15(17)18/h6-7,9-10,12H,2-5,8H2,1H3,(H,17,18). The molecule has 0 radical (unpaired) electrons. The van der Waals surface area contributed by atoms with Crippen LogP contribution in [-0.2, 0) is 0 Å². The molecule has 0 heterocycles. The van der Waals surface area contributed by atoms with Crippen LogP contribution in [0.25, 0.3) is 0 Å². The Balaban J connectivity index is 2.13. The van der Waals surface area contributed by atoms with E-state index in [9.17, 15) is 9.18 Å². The third kappa shape index (κ3) is 3.46. The Labute approximate surface area is 112 Å². The fourth-order valence-corrected chi connectivity index (χ4v) is 2.67. The van der Waals surface area contributed by atoms with Crippen LogP contribution in [0.1, 0.15) is 49.4 Å². The van der Waals surface area contributed by atoms with Crippen LogP contribution in [0, 0.1) is 11.7 Å². The summed E-state index contributed by atoms with van der Waals surface area (Å²) in [7, 11) is 0. The molecule has 1 aromatic rings. The van der Waals surface area contributed by atoms with E-state index in [4.69, 9.17) is 9.84 Å². The number of rotatable bonds is 4. The summed E-state index contributed by atoms with van der Waals surface area (Å²) in [6.45, 7) is 2.15. The number of halogens is 1. The first-order valence-electron chi connectivity index (χ1n) is 6.79. The second-order valence-corrected chi connectivity index (χ2v) is 5.13. The van der Waals surface area contributed by atoms with E-state index in [1.807, 2.05) is 0 Å². The number of carboxylic acids is 1. The summed E-state index contributed by atoms with van der Waals surface area (Å²) in [6, 6.07) is 3.57. The molecule has 0 aromatic heterocycles. The smallest absolute Gasteiger partial charge is 0.339 e. The summed E-state index contributed by atoms with van der Waals surface area (Å²) in [5, 5.41) is 9.08. The van der Waals surface area contributed by atoms with Gasteiger partial charge in [0.05, 0.1) is 6.10 Å². The molecule has 1 saturated carbocycles. The van der Waals surface area contributed by atoms with Gasteiger partial charge in [-0.3, -0.25) is 0 Å². The summed E-state index contributed by atoms with van der Waals surface area (Å²) < 4.78 is 19.0. The van der Waals surface area contributed by atoms with Gasteiger partial charge in [0.1, 0.15) is 17.1 Å². The van der Waals surface area contributed by atoms with Gasteiger partial charge in [0.25, 0.3) is 0 Å². The number of ether oxygens (including phenoxy) is 1. The normalized spacial score (nSPS) is 23.1. The van der Waals surface area contributed by atoms with E-state index in [1.54, 1.807) is 0 Å². The minimum Gasteiger partial charge on any atom is -0.489 e. The summed E-state index contributed by atoms with van der Waals surface area (Å²) in [5.74, 6) is -0.782. The molecule has 0 saturated heterocycles. The van der Waals surface area contributed by atoms with E-state index in [-0.39, 0.29) is 17.4 Å². The first-order chi connectivity index (χ1) is 9.10. The molecule has 1 fully saturated rings. The van der Waals surface area contributed by atoms with E-state index in [0.29, 0.717) is 5.92 Å². The van der Waals surface area contributed by atoms with Gasteiger partial charge in [-0.25, -0.2) is 9.18 Å². The van der Waals surface area contributed by atoms with E-state index in [1.165, 1.54) is 18.6 Å². The highest BCUT2D eigenvalue weighted by atomic mass is 19.1. The molecule has 0 aliphatic heterocycles. The molecule has 1 aliphatic rings. The molecule has 104 valence electrons. The van der Waals surface area contributed by atoms with Crippen LogP contribution in [0.3, 0.4) is 0 Å². The zero-order chi connectivity index (χ0) is 13.8. The molecule has 1 aliphatic carbocycles. The van der Waals surface area contributed by atoms with Gasteiger partial charge in [0.2, 0.25) is 0 Å². The average Bonchev–Trinajstić information content (AvgIpc) is 2.38. The maximum atomic E-state index is 13.2. The third-order valence-electron chi connectivity index (χ3n) is 3.78. The fourth-order valence-electron chi connectivity index (χ4n) is 2.67. The average molecular weight is 266 g/mol. The third-order valence-corrected chi connectivity index (χ3v) is 3.78. The molecular formula is C15H19FO3. The van der Waals surface area contributed by atoms with Gasteiger partial charge in [0, 0.05) is 6.07 Å². The van der Waals surface area contributed by atoms with E-state index >= 15 is 0 Å². The van der Waals surface area contributed by atoms with Gasteiger partial charge in [-0.2, -0.15) is 0 Å². The molecule has 0 bridgehead atoms. The van der Waals surface area contributed by atoms with Crippen LogP contribution in [0.15, 0.2) is 18.2 Å². The van der Waals surface area contributed by atoms with Crippen molar-refractivity contribution < 1.29 is 19.0 Å². The SMILES string of the molecule is CCC1CCCC(Oc2cc(F)ccc2C(=O)O)C1. The van der Waals surface area contributed by atoms with Crippen molar-refractivity contribution in [2.75, 3.05) is 0 Å². The Hall–Kier alpha value is -1.58. The van der Waals surface area contributed by atoms with Crippen LogP contribution in [-0.4, -0.2) is 17.2 Å². The van der Waals surface area contributed by atoms with Crippen LogP contribution >= 0.6 is 0 Å². The van der Waals surface area contributed by atoms with Crippen molar-refractivity contribution in [2.24, 2.45) is 5.92 Å². The van der Waals surface area contributed by atoms with Crippen molar-refractivity contribution in [1.29, 1.82) is 0 Å². The van der Waals surface area contributed by atoms with Gasteiger partial charge in [-0.15, -0.1) is 0 Å².